The Labute approximate surface area is 58.0 Å². The first-order valence-corrected chi connectivity index (χ1v) is 2.66. The SMILES string of the molecule is COc1nc(N)cnc1N. The smallest absolute Gasteiger partial charge is 0.258 e. The second kappa shape index (κ2) is 2.38. The van der Waals surface area contributed by atoms with Crippen molar-refractivity contribution in [2.75, 3.05) is 18.6 Å². The predicted molar refractivity (Wildman–Crippen MR) is 37.4 cm³/mol. The Morgan fingerprint density at radius 2 is 2.20 bits per heavy atom. The third-order valence-corrected chi connectivity index (χ3v) is 0.979. The first-order valence-electron chi connectivity index (χ1n) is 2.66. The molecule has 0 bridgehead atoms. The average molecular weight is 140 g/mol. The van der Waals surface area contributed by atoms with Gasteiger partial charge in [-0.1, -0.05) is 0 Å². The highest BCUT2D eigenvalue weighted by atomic mass is 16.5. The van der Waals surface area contributed by atoms with Gasteiger partial charge in [0.05, 0.1) is 13.3 Å². The summed E-state index contributed by atoms with van der Waals surface area (Å²) in [7, 11) is 1.46. The molecule has 10 heavy (non-hydrogen) atoms. The zero-order valence-electron chi connectivity index (χ0n) is 5.53. The largest absolute Gasteiger partial charge is 0.478 e. The Hall–Kier alpha value is -1.52. The van der Waals surface area contributed by atoms with Crippen LogP contribution in [0.2, 0.25) is 0 Å². The molecule has 0 saturated carbocycles. The number of rotatable bonds is 1. The molecule has 5 nitrogen and oxygen atoms in total. The third-order valence-electron chi connectivity index (χ3n) is 0.979. The summed E-state index contributed by atoms with van der Waals surface area (Å²) in [6, 6.07) is 0. The van der Waals surface area contributed by atoms with Gasteiger partial charge in [0.1, 0.15) is 5.82 Å². The highest BCUT2D eigenvalue weighted by molar-refractivity contribution is 5.44. The fourth-order valence-electron chi connectivity index (χ4n) is 0.545. The van der Waals surface area contributed by atoms with E-state index < -0.39 is 0 Å². The van der Waals surface area contributed by atoms with Crippen LogP contribution in [0.1, 0.15) is 0 Å². The molecule has 1 rings (SSSR count). The van der Waals surface area contributed by atoms with Gasteiger partial charge >= 0.3 is 0 Å². The molecule has 54 valence electrons. The highest BCUT2D eigenvalue weighted by Gasteiger charge is 2.00. The molecule has 0 aliphatic heterocycles. The minimum atomic E-state index is 0.247. The molecule has 0 saturated heterocycles. The van der Waals surface area contributed by atoms with Gasteiger partial charge in [0.15, 0.2) is 5.82 Å². The number of aromatic nitrogens is 2. The molecule has 1 aromatic heterocycles. The summed E-state index contributed by atoms with van der Waals surface area (Å²) in [5, 5.41) is 0. The first kappa shape index (κ1) is 6.60. The maximum atomic E-state index is 5.35. The molecular weight excluding hydrogens is 132 g/mol. The van der Waals surface area contributed by atoms with Crippen molar-refractivity contribution < 1.29 is 4.74 Å². The van der Waals surface area contributed by atoms with Crippen molar-refractivity contribution in [2.45, 2.75) is 0 Å². The molecule has 0 aliphatic carbocycles. The highest BCUT2D eigenvalue weighted by Crippen LogP contribution is 2.14. The Bertz CT molecular complexity index is 237. The standard InChI is InChI=1S/C5H8N4O/c1-10-5-4(7)8-2-3(6)9-5/h2H,1H3,(H2,6,9)(H2,7,8). The molecule has 0 atom stereocenters. The zero-order valence-corrected chi connectivity index (χ0v) is 5.53. The van der Waals surface area contributed by atoms with Crippen LogP contribution in [0.4, 0.5) is 11.6 Å². The molecule has 5 heteroatoms. The van der Waals surface area contributed by atoms with Crippen molar-refractivity contribution in [3.05, 3.63) is 6.20 Å². The maximum Gasteiger partial charge on any atom is 0.258 e. The second-order valence-electron chi connectivity index (χ2n) is 1.69. The van der Waals surface area contributed by atoms with Crippen molar-refractivity contribution in [1.29, 1.82) is 0 Å². The van der Waals surface area contributed by atoms with Crippen LogP contribution in [-0.4, -0.2) is 17.1 Å². The van der Waals surface area contributed by atoms with Crippen molar-refractivity contribution in [2.24, 2.45) is 0 Å². The quantitative estimate of drug-likeness (QED) is 0.556. The third kappa shape index (κ3) is 1.07. The molecule has 0 fully saturated rings. The summed E-state index contributed by atoms with van der Waals surface area (Å²) in [5.41, 5.74) is 10.6. The minimum Gasteiger partial charge on any atom is -0.478 e. The molecule has 1 aromatic rings. The summed E-state index contributed by atoms with van der Waals surface area (Å²) in [4.78, 5) is 7.47. The molecule has 0 amide bonds. The number of nitrogens with zero attached hydrogens (tertiary/aromatic N) is 2. The van der Waals surface area contributed by atoms with Gasteiger partial charge in [0.25, 0.3) is 5.88 Å². The Morgan fingerprint density at radius 1 is 1.50 bits per heavy atom. The topological polar surface area (TPSA) is 87.0 Å². The average Bonchev–Trinajstić information content (AvgIpc) is 1.94. The minimum absolute atomic E-state index is 0.247. The van der Waals surface area contributed by atoms with E-state index in [-0.39, 0.29) is 11.7 Å². The summed E-state index contributed by atoms with van der Waals surface area (Å²) in [5.74, 6) is 0.808. The van der Waals surface area contributed by atoms with Gasteiger partial charge in [-0.2, -0.15) is 4.98 Å². The fourth-order valence-corrected chi connectivity index (χ4v) is 0.545. The van der Waals surface area contributed by atoms with Crippen LogP contribution in [0.3, 0.4) is 0 Å². The summed E-state index contributed by atoms with van der Waals surface area (Å²) < 4.78 is 4.75. The lowest BCUT2D eigenvalue weighted by Crippen LogP contribution is -2.00. The predicted octanol–water partition coefficient (Wildman–Crippen LogP) is -0.350. The van der Waals surface area contributed by atoms with Gasteiger partial charge < -0.3 is 16.2 Å². The first-order chi connectivity index (χ1) is 4.74. The van der Waals surface area contributed by atoms with Crippen molar-refractivity contribution >= 4 is 11.6 Å². The van der Waals surface area contributed by atoms with Crippen LogP contribution in [-0.2, 0) is 0 Å². The monoisotopic (exact) mass is 140 g/mol. The molecule has 0 unspecified atom stereocenters. The number of anilines is 2. The van der Waals surface area contributed by atoms with Gasteiger partial charge in [0, 0.05) is 0 Å². The van der Waals surface area contributed by atoms with Crippen LogP contribution >= 0.6 is 0 Å². The summed E-state index contributed by atoms with van der Waals surface area (Å²) in [6.45, 7) is 0. The normalized spacial score (nSPS) is 9.30. The van der Waals surface area contributed by atoms with Gasteiger partial charge in [-0.05, 0) is 0 Å². The van der Waals surface area contributed by atoms with Crippen LogP contribution in [0.25, 0.3) is 0 Å². The Kier molecular flexibility index (Phi) is 1.57. The summed E-state index contributed by atoms with van der Waals surface area (Å²) in [6.07, 6.45) is 1.37. The molecule has 1 heterocycles. The van der Waals surface area contributed by atoms with Crippen LogP contribution in [0, 0.1) is 0 Å². The van der Waals surface area contributed by atoms with E-state index in [1.165, 1.54) is 13.3 Å². The van der Waals surface area contributed by atoms with Gasteiger partial charge in [-0.15, -0.1) is 0 Å². The van der Waals surface area contributed by atoms with E-state index >= 15 is 0 Å². The van der Waals surface area contributed by atoms with E-state index in [4.69, 9.17) is 16.2 Å². The fraction of sp³-hybridized carbons (Fsp3) is 0.200. The van der Waals surface area contributed by atoms with Gasteiger partial charge in [0.2, 0.25) is 0 Å². The van der Waals surface area contributed by atoms with E-state index in [0.717, 1.165) is 0 Å². The van der Waals surface area contributed by atoms with E-state index in [9.17, 15) is 0 Å². The van der Waals surface area contributed by atoms with E-state index in [0.29, 0.717) is 5.82 Å². The van der Waals surface area contributed by atoms with Gasteiger partial charge in [-0.3, -0.25) is 0 Å². The number of nitrogens with two attached hydrogens (primary N) is 2. The lowest BCUT2D eigenvalue weighted by atomic mass is 10.6. The molecule has 4 N–H and O–H groups in total. The molecular formula is C5H8N4O. The van der Waals surface area contributed by atoms with E-state index in [2.05, 4.69) is 9.97 Å². The number of methoxy groups -OCH3 is 1. The van der Waals surface area contributed by atoms with Crippen molar-refractivity contribution in [3.63, 3.8) is 0 Å². The van der Waals surface area contributed by atoms with Crippen LogP contribution in [0.5, 0.6) is 5.88 Å². The Morgan fingerprint density at radius 3 is 2.70 bits per heavy atom. The molecule has 0 spiro atoms. The van der Waals surface area contributed by atoms with E-state index in [1.54, 1.807) is 0 Å². The van der Waals surface area contributed by atoms with E-state index in [1.807, 2.05) is 0 Å². The number of hydrogen-bond donors (Lipinski definition) is 2. The van der Waals surface area contributed by atoms with Crippen molar-refractivity contribution in [1.82, 2.24) is 9.97 Å². The zero-order chi connectivity index (χ0) is 7.56. The van der Waals surface area contributed by atoms with Crippen LogP contribution < -0.4 is 16.2 Å². The lowest BCUT2D eigenvalue weighted by Gasteiger charge is -2.00. The number of ether oxygens (including phenoxy) is 1. The molecule has 0 aromatic carbocycles. The number of hydrogen-bond acceptors (Lipinski definition) is 5. The lowest BCUT2D eigenvalue weighted by molar-refractivity contribution is 0.399. The van der Waals surface area contributed by atoms with Crippen LogP contribution in [0.15, 0.2) is 6.20 Å². The van der Waals surface area contributed by atoms with Gasteiger partial charge in [-0.25, -0.2) is 4.98 Å². The maximum absolute atomic E-state index is 5.35. The summed E-state index contributed by atoms with van der Waals surface area (Å²) >= 11 is 0. The molecule has 0 radical (unpaired) electrons. The Balaban J connectivity index is 3.09. The molecule has 0 aliphatic rings. The number of nitrogen functional groups attached to an aromatic ring is 2. The van der Waals surface area contributed by atoms with Crippen molar-refractivity contribution in [3.8, 4) is 5.88 Å². The second-order valence-corrected chi connectivity index (χ2v) is 1.69.